The fourth-order valence-corrected chi connectivity index (χ4v) is 3.63. The Morgan fingerprint density at radius 1 is 0.549 bits per heavy atom. The second kappa shape index (κ2) is 22.4. The summed E-state index contributed by atoms with van der Waals surface area (Å²) in [7, 11) is 0. The molecule has 0 spiro atoms. The maximum Gasteiger partial charge on any atom is 0.295 e. The van der Waals surface area contributed by atoms with Crippen LogP contribution in [0, 0.1) is 30.3 Å². The van der Waals surface area contributed by atoms with E-state index in [9.17, 15) is 30.3 Å². The van der Waals surface area contributed by atoms with Crippen LogP contribution >= 0.6 is 15.9 Å². The van der Waals surface area contributed by atoms with E-state index in [0.29, 0.717) is 48.0 Å². The second-order valence-electron chi connectivity index (χ2n) is 9.98. The summed E-state index contributed by atoms with van der Waals surface area (Å²) in [5.41, 5.74) is 28.2. The molecule has 51 heavy (non-hydrogen) atoms. The number of ether oxygens (including phenoxy) is 3. The quantitative estimate of drug-likeness (QED) is 0.0296. The number of nitrogens with zero attached hydrogens (tertiary/aromatic N) is 3. The molecule has 19 heteroatoms. The Morgan fingerprint density at radius 2 is 0.902 bits per heavy atom. The summed E-state index contributed by atoms with van der Waals surface area (Å²) < 4.78 is 15.8. The smallest absolute Gasteiger partial charge is 0.295 e. The highest BCUT2D eigenvalue weighted by Crippen LogP contribution is 2.28. The van der Waals surface area contributed by atoms with E-state index in [4.69, 9.17) is 48.0 Å². The molecule has 0 saturated carbocycles. The number of rotatable bonds is 12. The van der Waals surface area contributed by atoms with Gasteiger partial charge in [0.05, 0.1) is 64.2 Å². The maximum absolute atomic E-state index is 10.5. The van der Waals surface area contributed by atoms with Gasteiger partial charge in [-0.15, -0.1) is 0 Å². The number of hydrogen-bond acceptors (Lipinski definition) is 15. The van der Waals surface area contributed by atoms with E-state index in [0.717, 1.165) is 24.7 Å². The molecule has 0 radical (unpaired) electrons. The van der Waals surface area contributed by atoms with Crippen LogP contribution in [0.2, 0.25) is 0 Å². The zero-order valence-electron chi connectivity index (χ0n) is 27.9. The van der Waals surface area contributed by atoms with Crippen molar-refractivity contribution in [3.8, 4) is 23.0 Å². The van der Waals surface area contributed by atoms with Gasteiger partial charge >= 0.3 is 0 Å². The van der Waals surface area contributed by atoms with Gasteiger partial charge in [0.2, 0.25) is 0 Å². The molecule has 0 bridgehead atoms. The molecule has 18 nitrogen and oxygen atoms in total. The molecule has 0 amide bonds. The maximum atomic E-state index is 10.5. The number of phenolic OH excluding ortho intramolecular Hbond substituents is 1. The first-order valence-corrected chi connectivity index (χ1v) is 16.2. The topological polar surface area (TPSA) is 307 Å². The Morgan fingerprint density at radius 3 is 1.25 bits per heavy atom. The minimum Gasteiger partial charge on any atom is -0.508 e. The number of anilines is 5. The largest absolute Gasteiger partial charge is 0.508 e. The third-order valence-electron chi connectivity index (χ3n) is 5.96. The van der Waals surface area contributed by atoms with Crippen molar-refractivity contribution in [2.45, 2.75) is 26.7 Å². The number of nitrogen functional groups attached to an aromatic ring is 5. The van der Waals surface area contributed by atoms with E-state index in [1.165, 1.54) is 36.4 Å². The van der Waals surface area contributed by atoms with Crippen molar-refractivity contribution in [2.24, 2.45) is 0 Å². The van der Waals surface area contributed by atoms with E-state index in [2.05, 4.69) is 22.9 Å². The SMILES string of the molecule is CCCOc1ccc(N)c(N)c1.CCCOc1ccc(N)c([N+](=O)[O-])c1.Nc1ccc(O)cc1[N+](=O)[O-].Nc1ccc(OCCBr)cc1[N+](=O)[O-]. The third kappa shape index (κ3) is 15.7. The molecule has 0 atom stereocenters. The Balaban J connectivity index is 0.000000342. The van der Waals surface area contributed by atoms with Gasteiger partial charge in [-0.1, -0.05) is 29.8 Å². The van der Waals surface area contributed by atoms with Gasteiger partial charge in [0.1, 0.15) is 40.1 Å². The van der Waals surface area contributed by atoms with Gasteiger partial charge in [0, 0.05) is 11.4 Å². The predicted molar refractivity (Wildman–Crippen MR) is 200 cm³/mol. The highest BCUT2D eigenvalue weighted by atomic mass is 79.9. The fourth-order valence-electron chi connectivity index (χ4n) is 3.47. The zero-order chi connectivity index (χ0) is 38.5. The minimum absolute atomic E-state index is 0.0489. The van der Waals surface area contributed by atoms with E-state index in [1.54, 1.807) is 24.3 Å². The number of nitrogens with two attached hydrogens (primary N) is 5. The van der Waals surface area contributed by atoms with Gasteiger partial charge in [-0.2, -0.15) is 0 Å². The summed E-state index contributed by atoms with van der Waals surface area (Å²) in [6, 6.07) is 17.7. The molecule has 0 aliphatic rings. The average molecular weight is 778 g/mol. The van der Waals surface area contributed by atoms with Crippen LogP contribution < -0.4 is 42.9 Å². The van der Waals surface area contributed by atoms with Gasteiger partial charge in [-0.3, -0.25) is 30.3 Å². The number of nitro groups is 3. The minimum atomic E-state index is -0.644. The first-order valence-electron chi connectivity index (χ1n) is 15.0. The third-order valence-corrected chi connectivity index (χ3v) is 6.28. The van der Waals surface area contributed by atoms with Crippen LogP contribution in [0.4, 0.5) is 45.5 Å². The molecule has 276 valence electrons. The number of aromatic hydroxyl groups is 1. The van der Waals surface area contributed by atoms with Crippen molar-refractivity contribution in [1.82, 2.24) is 0 Å². The van der Waals surface area contributed by atoms with Gasteiger partial charge in [0.25, 0.3) is 17.1 Å². The number of phenols is 1. The lowest BCUT2D eigenvalue weighted by atomic mass is 10.2. The first kappa shape index (κ1) is 42.8. The number of alkyl halides is 1. The fraction of sp³-hybridized carbons (Fsp3) is 0.250. The lowest BCUT2D eigenvalue weighted by Crippen LogP contribution is -2.00. The van der Waals surface area contributed by atoms with Gasteiger partial charge < -0.3 is 48.0 Å². The van der Waals surface area contributed by atoms with Crippen molar-refractivity contribution in [1.29, 1.82) is 0 Å². The second-order valence-corrected chi connectivity index (χ2v) is 10.8. The van der Waals surface area contributed by atoms with Gasteiger partial charge in [-0.05, 0) is 61.4 Å². The van der Waals surface area contributed by atoms with E-state index in [1.807, 2.05) is 13.0 Å². The van der Waals surface area contributed by atoms with Crippen LogP contribution in [-0.2, 0) is 0 Å². The average Bonchev–Trinajstić information content (AvgIpc) is 3.09. The number of halogens is 1. The molecule has 0 unspecified atom stereocenters. The van der Waals surface area contributed by atoms with Crippen molar-refractivity contribution in [2.75, 3.05) is 53.8 Å². The summed E-state index contributed by atoms with van der Waals surface area (Å²) in [5.74, 6) is 1.55. The van der Waals surface area contributed by atoms with E-state index < -0.39 is 14.8 Å². The number of benzene rings is 4. The molecule has 11 N–H and O–H groups in total. The highest BCUT2D eigenvalue weighted by Gasteiger charge is 2.13. The van der Waals surface area contributed by atoms with Crippen LogP contribution in [-0.4, -0.2) is 45.0 Å². The van der Waals surface area contributed by atoms with Crippen LogP contribution in [0.15, 0.2) is 72.8 Å². The molecule has 0 aliphatic heterocycles. The molecular weight excluding hydrogens is 736 g/mol. The molecule has 0 aliphatic carbocycles. The lowest BCUT2D eigenvalue weighted by molar-refractivity contribution is -0.384. The van der Waals surface area contributed by atoms with Crippen molar-refractivity contribution >= 4 is 61.4 Å². The summed E-state index contributed by atoms with van der Waals surface area (Å²) in [4.78, 5) is 29.5. The monoisotopic (exact) mass is 776 g/mol. The lowest BCUT2D eigenvalue weighted by Gasteiger charge is -2.06. The Kier molecular flexibility index (Phi) is 18.8. The van der Waals surface area contributed by atoms with Gasteiger partial charge in [0.15, 0.2) is 0 Å². The van der Waals surface area contributed by atoms with Crippen LogP contribution in [0.3, 0.4) is 0 Å². The molecule has 4 aromatic rings. The summed E-state index contributed by atoms with van der Waals surface area (Å²) >= 11 is 3.19. The normalized spacial score (nSPS) is 9.71. The highest BCUT2D eigenvalue weighted by molar-refractivity contribution is 9.09. The molecular formula is C32H41BrN8O10. The Bertz CT molecular complexity index is 1680. The molecule has 4 aromatic carbocycles. The predicted octanol–water partition coefficient (Wildman–Crippen LogP) is 6.44. The summed E-state index contributed by atoms with van der Waals surface area (Å²) in [6.07, 6.45) is 1.85. The molecule has 0 saturated heterocycles. The van der Waals surface area contributed by atoms with E-state index >= 15 is 0 Å². The van der Waals surface area contributed by atoms with Crippen LogP contribution in [0.1, 0.15) is 26.7 Å². The van der Waals surface area contributed by atoms with Crippen molar-refractivity contribution < 1.29 is 34.1 Å². The molecule has 4 rings (SSSR count). The zero-order valence-corrected chi connectivity index (χ0v) is 29.5. The first-order chi connectivity index (χ1) is 24.1. The molecule has 0 fully saturated rings. The van der Waals surface area contributed by atoms with Crippen LogP contribution in [0.5, 0.6) is 23.0 Å². The van der Waals surface area contributed by atoms with Crippen molar-refractivity contribution in [3.63, 3.8) is 0 Å². The number of hydrogen-bond donors (Lipinski definition) is 6. The Hall–Kier alpha value is -6.24. The molecule has 0 heterocycles. The van der Waals surface area contributed by atoms with Crippen LogP contribution in [0.25, 0.3) is 0 Å². The summed E-state index contributed by atoms with van der Waals surface area (Å²) in [5, 5.41) is 40.7. The Labute approximate surface area is 301 Å². The van der Waals surface area contributed by atoms with Crippen molar-refractivity contribution in [3.05, 3.63) is 103 Å². The number of nitro benzene ring substituents is 3. The molecule has 0 aromatic heterocycles. The van der Waals surface area contributed by atoms with Gasteiger partial charge in [-0.25, -0.2) is 0 Å². The summed E-state index contributed by atoms with van der Waals surface area (Å²) in [6.45, 7) is 5.73. The van der Waals surface area contributed by atoms with E-state index in [-0.39, 0.29) is 39.9 Å². The standard InChI is InChI=1S/C9H12N2O3.C9H14N2O.C8H9BrN2O3.C6H6N2O3/c1-2-5-14-7-3-4-8(10)9(6-7)11(12)13;1-2-5-12-7-3-4-8(10)9(11)6-7;9-3-4-14-6-1-2-7(10)8(5-6)11(12)13;7-5-2-1-4(9)3-6(5)8(10)11/h3-4,6H,2,5,10H2,1H3;3-4,6H,2,5,10-11H2,1H3;1-2,5H,3-4,10H2;1-3,9H,7H2.